The summed E-state index contributed by atoms with van der Waals surface area (Å²) in [6.07, 6.45) is 3.71. The van der Waals surface area contributed by atoms with E-state index in [2.05, 4.69) is 16.0 Å². The zero-order valence-electron chi connectivity index (χ0n) is 9.84. The third-order valence-corrected chi connectivity index (χ3v) is 2.38. The van der Waals surface area contributed by atoms with Gasteiger partial charge in [-0.25, -0.2) is 0 Å². The second-order valence-corrected chi connectivity index (χ2v) is 4.18. The van der Waals surface area contributed by atoms with Crippen LogP contribution >= 0.6 is 0 Å². The summed E-state index contributed by atoms with van der Waals surface area (Å²) in [5.74, 6) is 0.150. The minimum Gasteiger partial charge on any atom is -0.355 e. The molecule has 1 aliphatic rings. The van der Waals surface area contributed by atoms with Crippen LogP contribution < -0.4 is 16.0 Å². The third kappa shape index (κ3) is 7.23. The van der Waals surface area contributed by atoms with E-state index in [1.54, 1.807) is 0 Å². The standard InChI is InChI=1S/C11H21N3O2/c1-9(15)13-8-7-12-6-2-3-11(16)14-10-4-5-10/h10,12H,2-8H2,1H3,(H,13,15)(H,14,16). The zero-order chi connectivity index (χ0) is 11.8. The molecule has 3 N–H and O–H groups in total. The molecular weight excluding hydrogens is 206 g/mol. The Balaban J connectivity index is 1.80. The molecule has 0 aromatic rings. The van der Waals surface area contributed by atoms with Crippen LogP contribution in [0.4, 0.5) is 0 Å². The van der Waals surface area contributed by atoms with E-state index in [4.69, 9.17) is 0 Å². The highest BCUT2D eigenvalue weighted by atomic mass is 16.2. The first-order valence-electron chi connectivity index (χ1n) is 5.93. The lowest BCUT2D eigenvalue weighted by Gasteiger charge is -2.05. The van der Waals surface area contributed by atoms with Crippen LogP contribution in [0.3, 0.4) is 0 Å². The SMILES string of the molecule is CC(=O)NCCNCCCC(=O)NC1CC1. The van der Waals surface area contributed by atoms with Gasteiger partial charge in [-0.2, -0.15) is 0 Å². The molecule has 1 fully saturated rings. The van der Waals surface area contributed by atoms with E-state index in [9.17, 15) is 9.59 Å². The Labute approximate surface area is 96.4 Å². The van der Waals surface area contributed by atoms with Crippen molar-refractivity contribution in [2.24, 2.45) is 0 Å². The molecule has 5 heteroatoms. The van der Waals surface area contributed by atoms with Crippen LogP contribution in [0.2, 0.25) is 0 Å². The Morgan fingerprint density at radius 1 is 1.19 bits per heavy atom. The van der Waals surface area contributed by atoms with Crippen molar-refractivity contribution < 1.29 is 9.59 Å². The van der Waals surface area contributed by atoms with Crippen LogP contribution in [-0.4, -0.2) is 37.5 Å². The average molecular weight is 227 g/mol. The maximum absolute atomic E-state index is 11.3. The molecule has 0 radical (unpaired) electrons. The van der Waals surface area contributed by atoms with E-state index >= 15 is 0 Å². The van der Waals surface area contributed by atoms with E-state index in [1.165, 1.54) is 6.92 Å². The van der Waals surface area contributed by atoms with Gasteiger partial charge in [0.25, 0.3) is 0 Å². The van der Waals surface area contributed by atoms with Gasteiger partial charge in [0.15, 0.2) is 0 Å². The van der Waals surface area contributed by atoms with E-state index in [1.807, 2.05) is 0 Å². The molecule has 0 aromatic carbocycles. The average Bonchev–Trinajstić information content (AvgIpc) is 2.99. The van der Waals surface area contributed by atoms with Crippen molar-refractivity contribution in [3.63, 3.8) is 0 Å². The van der Waals surface area contributed by atoms with Crippen LogP contribution in [0.15, 0.2) is 0 Å². The molecule has 5 nitrogen and oxygen atoms in total. The van der Waals surface area contributed by atoms with Crippen LogP contribution in [0.25, 0.3) is 0 Å². The van der Waals surface area contributed by atoms with Crippen molar-refractivity contribution in [3.05, 3.63) is 0 Å². The predicted molar refractivity (Wildman–Crippen MR) is 62.0 cm³/mol. The smallest absolute Gasteiger partial charge is 0.220 e. The molecule has 16 heavy (non-hydrogen) atoms. The summed E-state index contributed by atoms with van der Waals surface area (Å²) in [7, 11) is 0. The number of carbonyl (C=O) groups excluding carboxylic acids is 2. The molecule has 0 unspecified atom stereocenters. The molecule has 0 heterocycles. The molecule has 1 saturated carbocycles. The van der Waals surface area contributed by atoms with Gasteiger partial charge in [-0.3, -0.25) is 9.59 Å². The molecule has 2 amide bonds. The number of rotatable bonds is 8. The summed E-state index contributed by atoms with van der Waals surface area (Å²) in [5.41, 5.74) is 0. The Kier molecular flexibility index (Phi) is 5.85. The number of amides is 2. The summed E-state index contributed by atoms with van der Waals surface area (Å²) in [6, 6.07) is 0.459. The van der Waals surface area contributed by atoms with E-state index < -0.39 is 0 Å². The second-order valence-electron chi connectivity index (χ2n) is 4.18. The highest BCUT2D eigenvalue weighted by Gasteiger charge is 2.22. The predicted octanol–water partition coefficient (Wildman–Crippen LogP) is -0.229. The van der Waals surface area contributed by atoms with Gasteiger partial charge in [0.05, 0.1) is 0 Å². The first kappa shape index (κ1) is 13.0. The molecule has 1 rings (SSSR count). The Morgan fingerprint density at radius 3 is 2.56 bits per heavy atom. The van der Waals surface area contributed by atoms with E-state index in [0.717, 1.165) is 32.4 Å². The van der Waals surface area contributed by atoms with Crippen molar-refractivity contribution >= 4 is 11.8 Å². The minimum atomic E-state index is -0.00869. The van der Waals surface area contributed by atoms with Gasteiger partial charge in [0, 0.05) is 32.5 Å². The number of hydrogen-bond donors (Lipinski definition) is 3. The summed E-state index contributed by atoms with van der Waals surface area (Å²) < 4.78 is 0. The Bertz CT molecular complexity index is 239. The number of nitrogens with one attached hydrogen (secondary N) is 3. The first-order valence-corrected chi connectivity index (χ1v) is 5.93. The van der Waals surface area contributed by atoms with Gasteiger partial charge in [0.2, 0.25) is 11.8 Å². The molecule has 0 bridgehead atoms. The fourth-order valence-electron chi connectivity index (χ4n) is 1.35. The van der Waals surface area contributed by atoms with Crippen LogP contribution in [0, 0.1) is 0 Å². The normalized spacial score (nSPS) is 14.6. The molecule has 0 atom stereocenters. The number of carbonyl (C=O) groups is 2. The van der Waals surface area contributed by atoms with E-state index in [-0.39, 0.29) is 11.8 Å². The number of hydrogen-bond acceptors (Lipinski definition) is 3. The van der Waals surface area contributed by atoms with Gasteiger partial charge >= 0.3 is 0 Å². The Hall–Kier alpha value is -1.10. The molecule has 1 aliphatic carbocycles. The topological polar surface area (TPSA) is 70.2 Å². The van der Waals surface area contributed by atoms with E-state index in [0.29, 0.717) is 19.0 Å². The monoisotopic (exact) mass is 227 g/mol. The van der Waals surface area contributed by atoms with Crippen LogP contribution in [0.1, 0.15) is 32.6 Å². The first-order chi connectivity index (χ1) is 7.68. The summed E-state index contributed by atoms with van der Waals surface area (Å²) in [6.45, 7) is 3.72. The fourth-order valence-corrected chi connectivity index (χ4v) is 1.35. The molecular formula is C11H21N3O2. The summed E-state index contributed by atoms with van der Waals surface area (Å²) >= 11 is 0. The van der Waals surface area contributed by atoms with Gasteiger partial charge < -0.3 is 16.0 Å². The van der Waals surface area contributed by atoms with Gasteiger partial charge in [-0.05, 0) is 25.8 Å². The largest absolute Gasteiger partial charge is 0.355 e. The van der Waals surface area contributed by atoms with Crippen molar-refractivity contribution in [1.82, 2.24) is 16.0 Å². The van der Waals surface area contributed by atoms with Crippen molar-refractivity contribution in [1.29, 1.82) is 0 Å². The molecule has 92 valence electrons. The summed E-state index contributed by atoms with van der Waals surface area (Å²) in [4.78, 5) is 21.8. The maximum atomic E-state index is 11.3. The van der Waals surface area contributed by atoms with Crippen molar-refractivity contribution in [3.8, 4) is 0 Å². The minimum absolute atomic E-state index is 0.00869. The van der Waals surface area contributed by atoms with Crippen molar-refractivity contribution in [2.75, 3.05) is 19.6 Å². The lowest BCUT2D eigenvalue weighted by molar-refractivity contribution is -0.121. The van der Waals surface area contributed by atoms with Crippen LogP contribution in [0.5, 0.6) is 0 Å². The van der Waals surface area contributed by atoms with Crippen molar-refractivity contribution in [2.45, 2.75) is 38.6 Å². The van der Waals surface area contributed by atoms with Gasteiger partial charge in [0.1, 0.15) is 0 Å². The quantitative estimate of drug-likeness (QED) is 0.502. The lowest BCUT2D eigenvalue weighted by atomic mass is 10.3. The molecule has 0 aromatic heterocycles. The highest BCUT2D eigenvalue weighted by molar-refractivity contribution is 5.76. The second kappa shape index (κ2) is 7.22. The van der Waals surface area contributed by atoms with Gasteiger partial charge in [-0.1, -0.05) is 0 Å². The molecule has 0 aliphatic heterocycles. The third-order valence-electron chi connectivity index (χ3n) is 2.38. The highest BCUT2D eigenvalue weighted by Crippen LogP contribution is 2.18. The molecule has 0 spiro atoms. The maximum Gasteiger partial charge on any atom is 0.220 e. The van der Waals surface area contributed by atoms with Crippen LogP contribution in [-0.2, 0) is 9.59 Å². The molecule has 0 saturated heterocycles. The lowest BCUT2D eigenvalue weighted by Crippen LogP contribution is -2.31. The van der Waals surface area contributed by atoms with Gasteiger partial charge in [-0.15, -0.1) is 0 Å². The summed E-state index contributed by atoms with van der Waals surface area (Å²) in [5, 5.41) is 8.82. The fraction of sp³-hybridized carbons (Fsp3) is 0.818. The Morgan fingerprint density at radius 2 is 1.94 bits per heavy atom. The zero-order valence-corrected chi connectivity index (χ0v) is 9.84.